The van der Waals surface area contributed by atoms with Crippen LogP contribution in [0, 0.1) is 10.1 Å². The van der Waals surface area contributed by atoms with Gasteiger partial charge in [-0.3, -0.25) is 10.1 Å². The van der Waals surface area contributed by atoms with Crippen molar-refractivity contribution in [1.29, 1.82) is 0 Å². The lowest BCUT2D eigenvalue weighted by molar-refractivity contribution is -0.384. The van der Waals surface area contributed by atoms with Crippen LogP contribution in [0.25, 0.3) is 0 Å². The number of methoxy groups -OCH3 is 1. The molecule has 0 amide bonds. The van der Waals surface area contributed by atoms with Gasteiger partial charge in [0, 0.05) is 12.6 Å². The number of unbranched alkanes of at least 4 members (excludes halogenated alkanes) is 4. The van der Waals surface area contributed by atoms with Gasteiger partial charge in [-0.25, -0.2) is 0 Å². The number of rotatable bonds is 9. The number of thiocarbonyl (C=S) groups is 1. The molecule has 0 fully saturated rings. The van der Waals surface area contributed by atoms with Crippen molar-refractivity contribution in [1.82, 2.24) is 5.32 Å². The second kappa shape index (κ2) is 9.94. The molecule has 0 atom stereocenters. The average Bonchev–Trinajstić information content (AvgIpc) is 2.50. The molecule has 7 heteroatoms. The van der Waals surface area contributed by atoms with Gasteiger partial charge in [0.1, 0.15) is 5.75 Å². The largest absolute Gasteiger partial charge is 0.494 e. The molecule has 0 heterocycles. The van der Waals surface area contributed by atoms with E-state index in [1.807, 2.05) is 0 Å². The number of hydrogen-bond acceptors (Lipinski definition) is 4. The number of nitro groups is 1. The Balaban J connectivity index is 2.45. The van der Waals surface area contributed by atoms with Gasteiger partial charge in [0.05, 0.1) is 23.8 Å². The van der Waals surface area contributed by atoms with Gasteiger partial charge in [-0.05, 0) is 24.7 Å². The second-order valence-electron chi connectivity index (χ2n) is 4.94. The first-order chi connectivity index (χ1) is 10.6. The number of anilines is 1. The lowest BCUT2D eigenvalue weighted by atomic mass is 10.1. The smallest absolute Gasteiger partial charge is 0.273 e. The van der Waals surface area contributed by atoms with Gasteiger partial charge >= 0.3 is 0 Å². The Bertz CT molecular complexity index is 509. The van der Waals surface area contributed by atoms with Gasteiger partial charge in [0.2, 0.25) is 0 Å². The van der Waals surface area contributed by atoms with Crippen molar-refractivity contribution in [2.45, 2.75) is 39.0 Å². The van der Waals surface area contributed by atoms with Crippen LogP contribution in [0.15, 0.2) is 18.2 Å². The van der Waals surface area contributed by atoms with E-state index in [0.717, 1.165) is 13.0 Å². The van der Waals surface area contributed by atoms with Crippen LogP contribution in [0.5, 0.6) is 5.75 Å². The van der Waals surface area contributed by atoms with E-state index in [9.17, 15) is 10.1 Å². The topological polar surface area (TPSA) is 76.4 Å². The van der Waals surface area contributed by atoms with Crippen molar-refractivity contribution in [3.8, 4) is 5.75 Å². The van der Waals surface area contributed by atoms with Crippen molar-refractivity contribution < 1.29 is 9.66 Å². The molecule has 122 valence electrons. The Morgan fingerprint density at radius 2 is 2.05 bits per heavy atom. The molecule has 1 rings (SSSR count). The van der Waals surface area contributed by atoms with Crippen molar-refractivity contribution in [3.63, 3.8) is 0 Å². The predicted molar refractivity (Wildman–Crippen MR) is 92.6 cm³/mol. The molecule has 0 aromatic heterocycles. The molecular formula is C15H23N3O3S. The highest BCUT2D eigenvalue weighted by Gasteiger charge is 2.11. The molecule has 0 aliphatic rings. The zero-order valence-corrected chi connectivity index (χ0v) is 13.9. The predicted octanol–water partition coefficient (Wildman–Crippen LogP) is 3.86. The molecule has 0 aliphatic heterocycles. The van der Waals surface area contributed by atoms with Crippen LogP contribution in [0.2, 0.25) is 0 Å². The molecule has 1 aromatic carbocycles. The van der Waals surface area contributed by atoms with E-state index in [-0.39, 0.29) is 5.69 Å². The minimum atomic E-state index is -0.459. The molecule has 0 saturated carbocycles. The number of nitrogens with zero attached hydrogens (tertiary/aromatic N) is 1. The summed E-state index contributed by atoms with van der Waals surface area (Å²) in [6.45, 7) is 3.00. The van der Waals surface area contributed by atoms with Crippen molar-refractivity contribution in [2.24, 2.45) is 0 Å². The van der Waals surface area contributed by atoms with Crippen LogP contribution in [0.4, 0.5) is 11.4 Å². The minimum absolute atomic E-state index is 0.0165. The molecule has 22 heavy (non-hydrogen) atoms. The van der Waals surface area contributed by atoms with E-state index in [1.165, 1.54) is 44.9 Å². The number of ether oxygens (including phenoxy) is 1. The SMILES string of the molecule is CCCCCCCNC(=S)Nc1ccc([N+](=O)[O-])cc1OC. The van der Waals surface area contributed by atoms with E-state index >= 15 is 0 Å². The summed E-state index contributed by atoms with van der Waals surface area (Å²) in [7, 11) is 1.47. The summed E-state index contributed by atoms with van der Waals surface area (Å²) in [5, 5.41) is 17.4. The fourth-order valence-electron chi connectivity index (χ4n) is 1.99. The van der Waals surface area contributed by atoms with Gasteiger partial charge < -0.3 is 15.4 Å². The first-order valence-electron chi connectivity index (χ1n) is 7.45. The van der Waals surface area contributed by atoms with E-state index in [1.54, 1.807) is 6.07 Å². The highest BCUT2D eigenvalue weighted by atomic mass is 32.1. The quantitative estimate of drug-likeness (QED) is 0.311. The zero-order valence-electron chi connectivity index (χ0n) is 13.1. The van der Waals surface area contributed by atoms with Crippen LogP contribution in [-0.2, 0) is 0 Å². The van der Waals surface area contributed by atoms with E-state index < -0.39 is 4.92 Å². The third-order valence-electron chi connectivity index (χ3n) is 3.21. The van der Waals surface area contributed by atoms with Crippen molar-refractivity contribution in [3.05, 3.63) is 28.3 Å². The lowest BCUT2D eigenvalue weighted by Crippen LogP contribution is -2.29. The first kappa shape index (κ1) is 18.2. The van der Waals surface area contributed by atoms with Crippen LogP contribution < -0.4 is 15.4 Å². The molecule has 0 bridgehead atoms. The number of nitro benzene ring substituents is 1. The molecule has 0 aliphatic carbocycles. The molecule has 1 aromatic rings. The van der Waals surface area contributed by atoms with Crippen LogP contribution in [0.1, 0.15) is 39.0 Å². The van der Waals surface area contributed by atoms with Gasteiger partial charge in [0.25, 0.3) is 5.69 Å². The fourth-order valence-corrected chi connectivity index (χ4v) is 2.21. The average molecular weight is 325 g/mol. The molecule has 0 spiro atoms. The summed E-state index contributed by atoms with van der Waals surface area (Å²) in [4.78, 5) is 10.3. The first-order valence-corrected chi connectivity index (χ1v) is 7.86. The standard InChI is InChI=1S/C15H23N3O3S/c1-3-4-5-6-7-10-16-15(22)17-13-9-8-12(18(19)20)11-14(13)21-2/h8-9,11H,3-7,10H2,1-2H3,(H2,16,17,22). The third-order valence-corrected chi connectivity index (χ3v) is 3.46. The van der Waals surface area contributed by atoms with Gasteiger partial charge in [0.15, 0.2) is 5.11 Å². The van der Waals surface area contributed by atoms with Gasteiger partial charge in [-0.1, -0.05) is 32.6 Å². The lowest BCUT2D eigenvalue weighted by Gasteiger charge is -2.13. The highest BCUT2D eigenvalue weighted by molar-refractivity contribution is 7.80. The fraction of sp³-hybridized carbons (Fsp3) is 0.533. The number of nitrogens with one attached hydrogen (secondary N) is 2. The Morgan fingerprint density at radius 1 is 1.32 bits per heavy atom. The Labute approximate surface area is 136 Å². The summed E-state index contributed by atoms with van der Waals surface area (Å²) in [5.74, 6) is 0.390. The Morgan fingerprint density at radius 3 is 2.68 bits per heavy atom. The molecule has 0 saturated heterocycles. The maximum Gasteiger partial charge on any atom is 0.273 e. The van der Waals surface area contributed by atoms with E-state index in [2.05, 4.69) is 17.6 Å². The van der Waals surface area contributed by atoms with E-state index in [4.69, 9.17) is 17.0 Å². The number of hydrogen-bond donors (Lipinski definition) is 2. The monoisotopic (exact) mass is 325 g/mol. The molecule has 0 unspecified atom stereocenters. The molecule has 2 N–H and O–H groups in total. The third kappa shape index (κ3) is 6.26. The Kier molecular flexibility index (Phi) is 8.21. The normalized spacial score (nSPS) is 10.1. The number of non-ortho nitro benzene ring substituents is 1. The van der Waals surface area contributed by atoms with Crippen LogP contribution in [-0.4, -0.2) is 23.7 Å². The molecule has 6 nitrogen and oxygen atoms in total. The summed E-state index contributed by atoms with van der Waals surface area (Å²) >= 11 is 5.22. The maximum absolute atomic E-state index is 10.7. The summed E-state index contributed by atoms with van der Waals surface area (Å²) in [6, 6.07) is 4.38. The van der Waals surface area contributed by atoms with Crippen molar-refractivity contribution in [2.75, 3.05) is 19.0 Å². The summed E-state index contributed by atoms with van der Waals surface area (Å²) < 4.78 is 5.15. The molecular weight excluding hydrogens is 302 g/mol. The van der Waals surface area contributed by atoms with Gasteiger partial charge in [-0.2, -0.15) is 0 Å². The van der Waals surface area contributed by atoms with Crippen LogP contribution >= 0.6 is 12.2 Å². The van der Waals surface area contributed by atoms with Crippen molar-refractivity contribution >= 4 is 28.7 Å². The molecule has 0 radical (unpaired) electrons. The number of benzene rings is 1. The highest BCUT2D eigenvalue weighted by Crippen LogP contribution is 2.28. The second-order valence-corrected chi connectivity index (χ2v) is 5.35. The van der Waals surface area contributed by atoms with Gasteiger partial charge in [-0.15, -0.1) is 0 Å². The Hall–Kier alpha value is -1.89. The summed E-state index contributed by atoms with van der Waals surface area (Å²) in [6.07, 6.45) is 5.99. The zero-order chi connectivity index (χ0) is 16.4. The van der Waals surface area contributed by atoms with E-state index in [0.29, 0.717) is 16.5 Å². The van der Waals surface area contributed by atoms with Crippen LogP contribution in [0.3, 0.4) is 0 Å². The maximum atomic E-state index is 10.7. The summed E-state index contributed by atoms with van der Waals surface area (Å²) in [5.41, 5.74) is 0.591. The minimum Gasteiger partial charge on any atom is -0.494 e.